The summed E-state index contributed by atoms with van der Waals surface area (Å²) in [7, 11) is 0. The molecular weight excluding hydrogens is 216 g/mol. The fourth-order valence-electron chi connectivity index (χ4n) is 2.05. The lowest BCUT2D eigenvalue weighted by Crippen LogP contribution is -1.93. The van der Waals surface area contributed by atoms with Gasteiger partial charge in [0.05, 0.1) is 16.6 Å². The number of hydrogen-bond donors (Lipinski definition) is 0. The molecule has 1 aliphatic heterocycles. The summed E-state index contributed by atoms with van der Waals surface area (Å²) in [6, 6.07) is 11.6. The van der Waals surface area contributed by atoms with Gasteiger partial charge in [-0.2, -0.15) is 0 Å². The van der Waals surface area contributed by atoms with Crippen LogP contribution in [0.3, 0.4) is 0 Å². The molecule has 2 aromatic carbocycles. The summed E-state index contributed by atoms with van der Waals surface area (Å²) >= 11 is 0. The summed E-state index contributed by atoms with van der Waals surface area (Å²) in [5, 5.41) is 0. The summed E-state index contributed by atoms with van der Waals surface area (Å²) in [6.45, 7) is 0.253. The number of rotatable bonds is 0. The number of ether oxygens (including phenoxy) is 2. The Morgan fingerprint density at radius 2 is 1.65 bits per heavy atom. The van der Waals surface area contributed by atoms with Gasteiger partial charge < -0.3 is 9.47 Å². The first-order valence-corrected chi connectivity index (χ1v) is 5.37. The van der Waals surface area contributed by atoms with Gasteiger partial charge in [-0.1, -0.05) is 12.1 Å². The molecule has 0 saturated heterocycles. The zero-order valence-electron chi connectivity index (χ0n) is 8.88. The highest BCUT2D eigenvalue weighted by molar-refractivity contribution is 5.91. The molecule has 0 unspecified atom stereocenters. The molecule has 4 heteroatoms. The van der Waals surface area contributed by atoms with E-state index >= 15 is 0 Å². The van der Waals surface area contributed by atoms with Gasteiger partial charge in [0.1, 0.15) is 5.52 Å². The first kappa shape index (κ1) is 8.75. The first-order chi connectivity index (χ1) is 8.42. The smallest absolute Gasteiger partial charge is 0.231 e. The maximum Gasteiger partial charge on any atom is 0.231 e. The van der Waals surface area contributed by atoms with E-state index in [0.29, 0.717) is 5.75 Å². The number of para-hydroxylation sites is 2. The molecule has 0 N–H and O–H groups in total. The van der Waals surface area contributed by atoms with Gasteiger partial charge in [0, 0.05) is 0 Å². The molecule has 0 bridgehead atoms. The largest absolute Gasteiger partial charge is 0.454 e. The van der Waals surface area contributed by atoms with E-state index in [4.69, 9.17) is 9.47 Å². The predicted octanol–water partition coefficient (Wildman–Crippen LogP) is 2.51. The molecule has 4 rings (SSSR count). The van der Waals surface area contributed by atoms with Crippen molar-refractivity contribution in [2.24, 2.45) is 0 Å². The van der Waals surface area contributed by atoms with Gasteiger partial charge >= 0.3 is 0 Å². The van der Waals surface area contributed by atoms with Gasteiger partial charge in [-0.05, 0) is 24.3 Å². The van der Waals surface area contributed by atoms with Crippen LogP contribution in [0.2, 0.25) is 0 Å². The summed E-state index contributed by atoms with van der Waals surface area (Å²) in [5.41, 5.74) is 3.34. The fraction of sp³-hybridized carbons (Fsp3) is 0.0769. The average Bonchev–Trinajstić information content (AvgIpc) is 2.85. The van der Waals surface area contributed by atoms with Gasteiger partial charge in [0.25, 0.3) is 0 Å². The summed E-state index contributed by atoms with van der Waals surface area (Å²) in [4.78, 5) is 9.14. The second-order valence-electron chi connectivity index (χ2n) is 3.88. The molecule has 0 saturated carbocycles. The number of benzene rings is 2. The SMILES string of the molecule is c1ccc2nc3c4c(ccc3nc2c1)OCO4. The topological polar surface area (TPSA) is 44.2 Å². The van der Waals surface area contributed by atoms with Crippen LogP contribution in [0, 0.1) is 0 Å². The summed E-state index contributed by atoms with van der Waals surface area (Å²) < 4.78 is 10.8. The van der Waals surface area contributed by atoms with Crippen molar-refractivity contribution in [3.63, 3.8) is 0 Å². The average molecular weight is 224 g/mol. The summed E-state index contributed by atoms with van der Waals surface area (Å²) in [5.74, 6) is 1.43. The van der Waals surface area contributed by atoms with Gasteiger partial charge in [-0.25, -0.2) is 9.97 Å². The molecule has 2 heterocycles. The second kappa shape index (κ2) is 3.07. The van der Waals surface area contributed by atoms with E-state index in [-0.39, 0.29) is 6.79 Å². The number of nitrogens with zero attached hydrogens (tertiary/aromatic N) is 2. The predicted molar refractivity (Wildman–Crippen MR) is 63.2 cm³/mol. The van der Waals surface area contributed by atoms with Crippen molar-refractivity contribution in [3.8, 4) is 11.5 Å². The second-order valence-corrected chi connectivity index (χ2v) is 3.88. The van der Waals surface area contributed by atoms with Gasteiger partial charge in [-0.3, -0.25) is 0 Å². The molecule has 17 heavy (non-hydrogen) atoms. The Morgan fingerprint density at radius 3 is 2.53 bits per heavy atom. The van der Waals surface area contributed by atoms with Crippen LogP contribution in [0.15, 0.2) is 36.4 Å². The molecule has 0 atom stereocenters. The zero-order valence-corrected chi connectivity index (χ0v) is 8.88. The van der Waals surface area contributed by atoms with Crippen molar-refractivity contribution in [1.82, 2.24) is 9.97 Å². The van der Waals surface area contributed by atoms with Crippen LogP contribution in [0.5, 0.6) is 11.5 Å². The Hall–Kier alpha value is -2.36. The highest BCUT2D eigenvalue weighted by atomic mass is 16.7. The van der Waals surface area contributed by atoms with Crippen molar-refractivity contribution < 1.29 is 9.47 Å². The molecule has 3 aromatic rings. The lowest BCUT2D eigenvalue weighted by Gasteiger charge is -2.03. The minimum Gasteiger partial charge on any atom is -0.454 e. The van der Waals surface area contributed by atoms with Crippen molar-refractivity contribution in [2.45, 2.75) is 0 Å². The molecule has 1 aromatic heterocycles. The minimum atomic E-state index is 0.253. The van der Waals surface area contributed by atoms with Crippen LogP contribution in [0.1, 0.15) is 0 Å². The normalized spacial score (nSPS) is 13.4. The Morgan fingerprint density at radius 1 is 0.824 bits per heavy atom. The van der Waals surface area contributed by atoms with Gasteiger partial charge in [0.2, 0.25) is 6.79 Å². The number of fused-ring (bicyclic) bond motifs is 4. The van der Waals surface area contributed by atoms with Gasteiger partial charge in [-0.15, -0.1) is 0 Å². The molecule has 0 amide bonds. The molecule has 82 valence electrons. The Bertz CT molecular complexity index is 740. The van der Waals surface area contributed by atoms with Crippen LogP contribution >= 0.6 is 0 Å². The van der Waals surface area contributed by atoms with Crippen LogP contribution in [0.4, 0.5) is 0 Å². The molecule has 1 aliphatic rings. The molecule has 0 radical (unpaired) electrons. The third-order valence-corrected chi connectivity index (χ3v) is 2.85. The standard InChI is InChI=1S/C13H8N2O2/c1-2-4-9-8(3-1)14-10-5-6-11-13(12(10)15-9)17-7-16-11/h1-6H,7H2. The van der Waals surface area contributed by atoms with E-state index in [1.807, 2.05) is 36.4 Å². The van der Waals surface area contributed by atoms with Crippen molar-refractivity contribution >= 4 is 22.1 Å². The van der Waals surface area contributed by atoms with E-state index in [2.05, 4.69) is 9.97 Å². The van der Waals surface area contributed by atoms with E-state index in [1.54, 1.807) is 0 Å². The van der Waals surface area contributed by atoms with Crippen molar-refractivity contribution in [2.75, 3.05) is 6.79 Å². The van der Waals surface area contributed by atoms with E-state index in [9.17, 15) is 0 Å². The van der Waals surface area contributed by atoms with Gasteiger partial charge in [0.15, 0.2) is 11.5 Å². The van der Waals surface area contributed by atoms with E-state index in [0.717, 1.165) is 27.8 Å². The van der Waals surface area contributed by atoms with Crippen LogP contribution < -0.4 is 9.47 Å². The van der Waals surface area contributed by atoms with E-state index in [1.165, 1.54) is 0 Å². The van der Waals surface area contributed by atoms with Crippen LogP contribution in [0.25, 0.3) is 22.1 Å². The number of aromatic nitrogens is 2. The quantitative estimate of drug-likeness (QED) is 0.550. The number of hydrogen-bond acceptors (Lipinski definition) is 4. The summed E-state index contributed by atoms with van der Waals surface area (Å²) in [6.07, 6.45) is 0. The molecule has 0 spiro atoms. The third kappa shape index (κ3) is 1.18. The fourth-order valence-corrected chi connectivity index (χ4v) is 2.05. The van der Waals surface area contributed by atoms with Crippen molar-refractivity contribution in [1.29, 1.82) is 0 Å². The monoisotopic (exact) mass is 224 g/mol. The molecule has 4 nitrogen and oxygen atoms in total. The lowest BCUT2D eigenvalue weighted by molar-refractivity contribution is 0.174. The maximum absolute atomic E-state index is 5.44. The molecular formula is C13H8N2O2. The van der Waals surface area contributed by atoms with Crippen LogP contribution in [-0.2, 0) is 0 Å². The van der Waals surface area contributed by atoms with Crippen LogP contribution in [-0.4, -0.2) is 16.8 Å². The molecule has 0 aliphatic carbocycles. The minimum absolute atomic E-state index is 0.253. The lowest BCUT2D eigenvalue weighted by atomic mass is 10.2. The Kier molecular flexibility index (Phi) is 1.58. The first-order valence-electron chi connectivity index (χ1n) is 5.37. The van der Waals surface area contributed by atoms with E-state index < -0.39 is 0 Å². The van der Waals surface area contributed by atoms with Crippen molar-refractivity contribution in [3.05, 3.63) is 36.4 Å². The Balaban J connectivity index is 2.17. The molecule has 0 fully saturated rings. The maximum atomic E-state index is 5.44. The highest BCUT2D eigenvalue weighted by Gasteiger charge is 2.18. The zero-order chi connectivity index (χ0) is 11.2. The third-order valence-electron chi connectivity index (χ3n) is 2.85. The highest BCUT2D eigenvalue weighted by Crippen LogP contribution is 2.37. The Labute approximate surface area is 96.8 Å².